The Labute approximate surface area is 139 Å². The minimum absolute atomic E-state index is 0.00822. The summed E-state index contributed by atoms with van der Waals surface area (Å²) in [6, 6.07) is 5.49. The number of benzene rings is 1. The van der Waals surface area contributed by atoms with Gasteiger partial charge in [0.05, 0.1) is 13.5 Å². The summed E-state index contributed by atoms with van der Waals surface area (Å²) in [5, 5.41) is 0. The number of hydrogen-bond acceptors (Lipinski definition) is 3. The van der Waals surface area contributed by atoms with Gasteiger partial charge in [0, 0.05) is 23.7 Å². The van der Waals surface area contributed by atoms with Gasteiger partial charge in [-0.2, -0.15) is 0 Å². The number of carbonyl (C=O) groups is 2. The molecule has 0 aliphatic heterocycles. The van der Waals surface area contributed by atoms with Gasteiger partial charge in [-0.3, -0.25) is 9.59 Å². The first-order valence-electron chi connectivity index (χ1n) is 8.41. The largest absolute Gasteiger partial charge is 0.496 e. The van der Waals surface area contributed by atoms with E-state index in [1.807, 2.05) is 4.90 Å². The van der Waals surface area contributed by atoms with Crippen LogP contribution >= 0.6 is 0 Å². The Balaban J connectivity index is 3.00. The predicted molar refractivity (Wildman–Crippen MR) is 93.1 cm³/mol. The molecule has 4 heteroatoms. The lowest BCUT2D eigenvalue weighted by Crippen LogP contribution is -2.40. The average Bonchev–Trinajstić information content (AvgIpc) is 2.54. The Bertz CT molecular complexity index is 539. The first-order chi connectivity index (χ1) is 10.9. The molecule has 1 aromatic carbocycles. The number of methoxy groups -OCH3 is 1. The van der Waals surface area contributed by atoms with Crippen LogP contribution in [0.5, 0.6) is 5.75 Å². The van der Waals surface area contributed by atoms with Crippen molar-refractivity contribution >= 4 is 11.7 Å². The fourth-order valence-corrected chi connectivity index (χ4v) is 2.54. The van der Waals surface area contributed by atoms with Crippen LogP contribution in [0.25, 0.3) is 0 Å². The Morgan fingerprint density at radius 2 is 1.96 bits per heavy atom. The highest BCUT2D eigenvalue weighted by Crippen LogP contribution is 2.22. The standard InChI is InChI=1S/C19H29NO3/c1-6-8-11-20(14(3)7-2)19(22)13-17-12-16(15(4)21)9-10-18(17)23-5/h9-10,12,14H,6-8,11,13H2,1-5H3. The quantitative estimate of drug-likeness (QED) is 0.649. The van der Waals surface area contributed by atoms with Crippen molar-refractivity contribution in [3.05, 3.63) is 29.3 Å². The molecule has 1 amide bonds. The van der Waals surface area contributed by atoms with E-state index in [0.717, 1.165) is 31.4 Å². The number of ether oxygens (including phenoxy) is 1. The highest BCUT2D eigenvalue weighted by atomic mass is 16.5. The predicted octanol–water partition coefficient (Wildman–Crippen LogP) is 3.87. The van der Waals surface area contributed by atoms with Gasteiger partial charge in [-0.15, -0.1) is 0 Å². The molecular formula is C19H29NO3. The summed E-state index contributed by atoms with van der Waals surface area (Å²) in [6.45, 7) is 8.60. The Morgan fingerprint density at radius 3 is 2.48 bits per heavy atom. The van der Waals surface area contributed by atoms with E-state index in [0.29, 0.717) is 11.3 Å². The van der Waals surface area contributed by atoms with Gasteiger partial charge in [-0.05, 0) is 44.9 Å². The Kier molecular flexibility index (Phi) is 7.79. The van der Waals surface area contributed by atoms with Gasteiger partial charge in [-0.1, -0.05) is 20.3 Å². The molecule has 1 atom stereocenters. The van der Waals surface area contributed by atoms with E-state index in [1.165, 1.54) is 6.92 Å². The first kappa shape index (κ1) is 19.2. The molecule has 0 spiro atoms. The SMILES string of the molecule is CCCCN(C(=O)Cc1cc(C(C)=O)ccc1OC)C(C)CC. The number of rotatable bonds is 9. The lowest BCUT2D eigenvalue weighted by atomic mass is 10.0. The topological polar surface area (TPSA) is 46.6 Å². The molecular weight excluding hydrogens is 290 g/mol. The van der Waals surface area contributed by atoms with Gasteiger partial charge in [0.15, 0.2) is 5.78 Å². The van der Waals surface area contributed by atoms with Crippen molar-refractivity contribution in [2.75, 3.05) is 13.7 Å². The van der Waals surface area contributed by atoms with Crippen molar-refractivity contribution < 1.29 is 14.3 Å². The van der Waals surface area contributed by atoms with Crippen LogP contribution in [0.1, 0.15) is 62.9 Å². The summed E-state index contributed by atoms with van der Waals surface area (Å²) >= 11 is 0. The molecule has 0 radical (unpaired) electrons. The maximum Gasteiger partial charge on any atom is 0.227 e. The molecule has 1 unspecified atom stereocenters. The molecule has 0 aliphatic rings. The maximum atomic E-state index is 12.8. The van der Waals surface area contributed by atoms with Crippen LogP contribution in [0.3, 0.4) is 0 Å². The molecule has 0 heterocycles. The average molecular weight is 319 g/mol. The van der Waals surface area contributed by atoms with Crippen molar-refractivity contribution in [2.24, 2.45) is 0 Å². The summed E-state index contributed by atoms with van der Waals surface area (Å²) in [6.07, 6.45) is 3.25. The van der Waals surface area contributed by atoms with E-state index >= 15 is 0 Å². The highest BCUT2D eigenvalue weighted by Gasteiger charge is 2.20. The van der Waals surface area contributed by atoms with Crippen LogP contribution in [0, 0.1) is 0 Å². The van der Waals surface area contributed by atoms with Gasteiger partial charge >= 0.3 is 0 Å². The molecule has 0 N–H and O–H groups in total. The second kappa shape index (κ2) is 9.33. The second-order valence-corrected chi connectivity index (χ2v) is 5.96. The molecule has 0 aromatic heterocycles. The van der Waals surface area contributed by atoms with Gasteiger partial charge in [0.1, 0.15) is 5.75 Å². The Morgan fingerprint density at radius 1 is 1.26 bits per heavy atom. The summed E-state index contributed by atoms with van der Waals surface area (Å²) < 4.78 is 5.35. The molecule has 0 saturated heterocycles. The summed E-state index contributed by atoms with van der Waals surface area (Å²) in [4.78, 5) is 26.3. The zero-order chi connectivity index (χ0) is 17.4. The third-order valence-corrected chi connectivity index (χ3v) is 4.22. The van der Waals surface area contributed by atoms with E-state index in [2.05, 4.69) is 20.8 Å². The minimum atomic E-state index is -0.00822. The monoisotopic (exact) mass is 319 g/mol. The van der Waals surface area contributed by atoms with Crippen molar-refractivity contribution in [1.82, 2.24) is 4.90 Å². The molecule has 4 nitrogen and oxygen atoms in total. The zero-order valence-electron chi connectivity index (χ0n) is 15.0. The molecule has 1 rings (SSSR count). The summed E-state index contributed by atoms with van der Waals surface area (Å²) in [5.41, 5.74) is 1.38. The fraction of sp³-hybridized carbons (Fsp3) is 0.579. The highest BCUT2D eigenvalue weighted by molar-refractivity contribution is 5.94. The van der Waals surface area contributed by atoms with E-state index in [9.17, 15) is 9.59 Å². The van der Waals surface area contributed by atoms with Crippen LogP contribution < -0.4 is 4.74 Å². The maximum absolute atomic E-state index is 12.8. The van der Waals surface area contributed by atoms with Crippen molar-refractivity contribution in [3.8, 4) is 5.75 Å². The molecule has 0 bridgehead atoms. The van der Waals surface area contributed by atoms with E-state index in [1.54, 1.807) is 25.3 Å². The van der Waals surface area contributed by atoms with E-state index in [4.69, 9.17) is 4.74 Å². The molecule has 128 valence electrons. The number of amides is 1. The second-order valence-electron chi connectivity index (χ2n) is 5.96. The molecule has 0 saturated carbocycles. The van der Waals surface area contributed by atoms with Crippen molar-refractivity contribution in [2.45, 2.75) is 59.4 Å². The number of ketones is 1. The minimum Gasteiger partial charge on any atom is -0.496 e. The number of carbonyl (C=O) groups excluding carboxylic acids is 2. The normalized spacial score (nSPS) is 11.9. The molecule has 0 fully saturated rings. The van der Waals surface area contributed by atoms with E-state index in [-0.39, 0.29) is 24.2 Å². The smallest absolute Gasteiger partial charge is 0.227 e. The number of Topliss-reactive ketones (excluding diaryl/α,β-unsaturated/α-hetero) is 1. The lowest BCUT2D eigenvalue weighted by molar-refractivity contribution is -0.132. The lowest BCUT2D eigenvalue weighted by Gasteiger charge is -2.29. The number of nitrogens with zero attached hydrogens (tertiary/aromatic N) is 1. The van der Waals surface area contributed by atoms with Crippen molar-refractivity contribution in [3.63, 3.8) is 0 Å². The van der Waals surface area contributed by atoms with Crippen LogP contribution in [0.4, 0.5) is 0 Å². The zero-order valence-corrected chi connectivity index (χ0v) is 15.0. The number of unbranched alkanes of at least 4 members (excludes halogenated alkanes) is 1. The summed E-state index contributed by atoms with van der Waals surface area (Å²) in [7, 11) is 1.58. The van der Waals surface area contributed by atoms with Crippen LogP contribution in [-0.4, -0.2) is 36.3 Å². The van der Waals surface area contributed by atoms with Gasteiger partial charge in [-0.25, -0.2) is 0 Å². The number of hydrogen-bond donors (Lipinski definition) is 0. The molecule has 0 aliphatic carbocycles. The fourth-order valence-electron chi connectivity index (χ4n) is 2.54. The third-order valence-electron chi connectivity index (χ3n) is 4.22. The molecule has 23 heavy (non-hydrogen) atoms. The Hall–Kier alpha value is -1.84. The van der Waals surface area contributed by atoms with Gasteiger partial charge < -0.3 is 9.64 Å². The van der Waals surface area contributed by atoms with Crippen LogP contribution in [0.15, 0.2) is 18.2 Å². The van der Waals surface area contributed by atoms with Crippen molar-refractivity contribution in [1.29, 1.82) is 0 Å². The third kappa shape index (κ3) is 5.38. The molecule has 1 aromatic rings. The van der Waals surface area contributed by atoms with E-state index < -0.39 is 0 Å². The van der Waals surface area contributed by atoms with Gasteiger partial charge in [0.25, 0.3) is 0 Å². The van der Waals surface area contributed by atoms with Crippen LogP contribution in [-0.2, 0) is 11.2 Å². The van der Waals surface area contributed by atoms with Gasteiger partial charge in [0.2, 0.25) is 5.91 Å². The first-order valence-corrected chi connectivity index (χ1v) is 8.41. The van der Waals surface area contributed by atoms with Crippen LogP contribution in [0.2, 0.25) is 0 Å². The summed E-state index contributed by atoms with van der Waals surface area (Å²) in [5.74, 6) is 0.737.